The van der Waals surface area contributed by atoms with E-state index in [2.05, 4.69) is 21.0 Å². The lowest BCUT2D eigenvalue weighted by atomic mass is 9.95. The van der Waals surface area contributed by atoms with E-state index in [1.165, 1.54) is 5.56 Å². The first-order valence-corrected chi connectivity index (χ1v) is 9.40. The number of amides is 1. The predicted molar refractivity (Wildman–Crippen MR) is 100 cm³/mol. The first kappa shape index (κ1) is 21.8. The lowest BCUT2D eigenvalue weighted by Gasteiger charge is -2.39. The maximum Gasteiger partial charge on any atom is 0.490 e. The van der Waals surface area contributed by atoms with E-state index < -0.39 is 12.1 Å². The maximum absolute atomic E-state index is 12.5. The third kappa shape index (κ3) is 4.96. The highest BCUT2D eigenvalue weighted by atomic mass is 19.4. The van der Waals surface area contributed by atoms with Gasteiger partial charge in [-0.1, -0.05) is 6.07 Å². The number of pyridine rings is 1. The second-order valence-corrected chi connectivity index (χ2v) is 7.23. The van der Waals surface area contributed by atoms with Crippen molar-refractivity contribution in [1.29, 1.82) is 0 Å². The molecule has 0 spiro atoms. The number of hydrogen-bond donors (Lipinski definition) is 1. The summed E-state index contributed by atoms with van der Waals surface area (Å²) in [5, 5.41) is 11.4. The molecule has 1 N–H and O–H groups in total. The van der Waals surface area contributed by atoms with Gasteiger partial charge in [0.1, 0.15) is 0 Å². The number of hydrogen-bond acceptors (Lipinski definition) is 5. The van der Waals surface area contributed by atoms with Crippen molar-refractivity contribution in [3.63, 3.8) is 0 Å². The highest BCUT2D eigenvalue weighted by Crippen LogP contribution is 2.35. The molecule has 8 nitrogen and oxygen atoms in total. The molecule has 0 aromatic carbocycles. The van der Waals surface area contributed by atoms with Crippen LogP contribution >= 0.6 is 0 Å². The van der Waals surface area contributed by atoms with Crippen LogP contribution in [0.1, 0.15) is 24.8 Å². The zero-order valence-corrected chi connectivity index (χ0v) is 16.3. The molecule has 0 bridgehead atoms. The van der Waals surface area contributed by atoms with Crippen molar-refractivity contribution in [3.8, 4) is 0 Å². The molecule has 11 heteroatoms. The highest BCUT2D eigenvalue weighted by Gasteiger charge is 2.43. The van der Waals surface area contributed by atoms with Gasteiger partial charge in [-0.25, -0.2) is 4.79 Å². The Morgan fingerprint density at radius 2 is 2.00 bits per heavy atom. The molecule has 2 aromatic rings. The number of aryl methyl sites for hydroxylation is 1. The smallest absolute Gasteiger partial charge is 0.475 e. The number of piperidine rings is 1. The molecule has 2 aliphatic heterocycles. The number of halogens is 3. The Morgan fingerprint density at radius 3 is 2.57 bits per heavy atom. The second kappa shape index (κ2) is 8.82. The van der Waals surface area contributed by atoms with Crippen LogP contribution in [0.15, 0.2) is 36.9 Å². The lowest BCUT2D eigenvalue weighted by Crippen LogP contribution is -2.52. The maximum atomic E-state index is 12.5. The van der Waals surface area contributed by atoms with Crippen LogP contribution in [0, 0.1) is 0 Å². The monoisotopic (exact) mass is 425 g/mol. The van der Waals surface area contributed by atoms with Crippen LogP contribution in [-0.2, 0) is 23.2 Å². The van der Waals surface area contributed by atoms with Crippen LogP contribution in [0.2, 0.25) is 0 Å². The van der Waals surface area contributed by atoms with Crippen molar-refractivity contribution in [1.82, 2.24) is 19.7 Å². The van der Waals surface area contributed by atoms with Gasteiger partial charge >= 0.3 is 12.1 Å². The molecule has 1 amide bonds. The van der Waals surface area contributed by atoms with Gasteiger partial charge in [-0.15, -0.1) is 0 Å². The summed E-state index contributed by atoms with van der Waals surface area (Å²) in [6.07, 6.45) is 4.96. The SMILES string of the molecule is Cn1cc(N2C(=O)CC[C@@H]3[C@H]2CCN3Cc2cccnc2)cn1.O=C(O)C(F)(F)F. The largest absolute Gasteiger partial charge is 0.490 e. The van der Waals surface area contributed by atoms with E-state index in [0.29, 0.717) is 12.5 Å². The molecule has 30 heavy (non-hydrogen) atoms. The summed E-state index contributed by atoms with van der Waals surface area (Å²) >= 11 is 0. The molecule has 2 aliphatic rings. The molecular formula is C19H22F3N5O3. The Labute approximate surface area is 170 Å². The summed E-state index contributed by atoms with van der Waals surface area (Å²) < 4.78 is 33.5. The molecular weight excluding hydrogens is 403 g/mol. The number of carboxylic acid groups (broad SMARTS) is 1. The molecule has 2 fully saturated rings. The second-order valence-electron chi connectivity index (χ2n) is 7.23. The minimum Gasteiger partial charge on any atom is -0.475 e. The quantitative estimate of drug-likeness (QED) is 0.811. The minimum absolute atomic E-state index is 0.225. The van der Waals surface area contributed by atoms with Crippen LogP contribution < -0.4 is 4.90 Å². The standard InChI is InChI=1S/C17H21N5O.C2HF3O2/c1-20-12-14(10-19-20)22-16-6-8-21(15(16)4-5-17(22)23)11-13-3-2-7-18-9-13;3-2(4,5)1(6)7/h2-3,7,9-10,12,15-16H,4-6,8,11H2,1H3;(H,6,7)/t15-,16-;/m1./s1. The Kier molecular flexibility index (Phi) is 6.40. The third-order valence-electron chi connectivity index (χ3n) is 5.20. The number of carboxylic acids is 1. The minimum atomic E-state index is -5.08. The topological polar surface area (TPSA) is 91.6 Å². The first-order chi connectivity index (χ1) is 14.2. The Bertz CT molecular complexity index is 887. The third-order valence-corrected chi connectivity index (χ3v) is 5.20. The van der Waals surface area contributed by atoms with E-state index in [0.717, 1.165) is 31.6 Å². The van der Waals surface area contributed by atoms with Crippen LogP contribution in [0.4, 0.5) is 18.9 Å². The molecule has 2 aromatic heterocycles. The Morgan fingerprint density at radius 1 is 1.27 bits per heavy atom. The summed E-state index contributed by atoms with van der Waals surface area (Å²) in [6.45, 7) is 1.93. The summed E-state index contributed by atoms with van der Waals surface area (Å²) in [5.41, 5.74) is 2.16. The van der Waals surface area contributed by atoms with Gasteiger partial charge in [0.15, 0.2) is 0 Å². The van der Waals surface area contributed by atoms with Gasteiger partial charge in [0, 0.05) is 51.2 Å². The normalized spacial score (nSPS) is 21.7. The van der Waals surface area contributed by atoms with Crippen molar-refractivity contribution in [2.24, 2.45) is 7.05 Å². The van der Waals surface area contributed by atoms with E-state index in [1.807, 2.05) is 30.4 Å². The average molecular weight is 425 g/mol. The molecule has 0 unspecified atom stereocenters. The van der Waals surface area contributed by atoms with Gasteiger partial charge in [-0.05, 0) is 24.5 Å². The Balaban J connectivity index is 0.000000318. The fraction of sp³-hybridized carbons (Fsp3) is 0.474. The fourth-order valence-corrected chi connectivity index (χ4v) is 3.94. The summed E-state index contributed by atoms with van der Waals surface area (Å²) in [4.78, 5) is 30.0. The zero-order valence-electron chi connectivity index (χ0n) is 16.3. The summed E-state index contributed by atoms with van der Waals surface area (Å²) in [7, 11) is 1.89. The fourth-order valence-electron chi connectivity index (χ4n) is 3.94. The number of nitrogens with zero attached hydrogens (tertiary/aromatic N) is 5. The summed E-state index contributed by atoms with van der Waals surface area (Å²) in [6, 6.07) is 4.79. The molecule has 4 rings (SSSR count). The first-order valence-electron chi connectivity index (χ1n) is 9.40. The zero-order chi connectivity index (χ0) is 21.9. The molecule has 0 saturated carbocycles. The van der Waals surface area contributed by atoms with Gasteiger partial charge in [0.2, 0.25) is 5.91 Å². The predicted octanol–water partition coefficient (Wildman–Crippen LogP) is 2.22. The highest BCUT2D eigenvalue weighted by molar-refractivity contribution is 5.94. The van der Waals surface area contributed by atoms with Gasteiger partial charge in [-0.3, -0.25) is 19.4 Å². The summed E-state index contributed by atoms with van der Waals surface area (Å²) in [5.74, 6) is -2.53. The van der Waals surface area contributed by atoms with Gasteiger partial charge in [0.05, 0.1) is 17.9 Å². The number of aliphatic carboxylic acids is 1. The van der Waals surface area contributed by atoms with E-state index in [1.54, 1.807) is 17.1 Å². The molecule has 0 radical (unpaired) electrons. The van der Waals surface area contributed by atoms with Crippen LogP contribution in [0.5, 0.6) is 0 Å². The van der Waals surface area contributed by atoms with Crippen molar-refractivity contribution in [2.75, 3.05) is 11.4 Å². The number of anilines is 1. The average Bonchev–Trinajstić information content (AvgIpc) is 3.29. The van der Waals surface area contributed by atoms with Gasteiger partial charge < -0.3 is 10.0 Å². The number of alkyl halides is 3. The van der Waals surface area contributed by atoms with Crippen molar-refractivity contribution in [3.05, 3.63) is 42.5 Å². The van der Waals surface area contributed by atoms with Crippen molar-refractivity contribution in [2.45, 2.75) is 44.1 Å². The van der Waals surface area contributed by atoms with E-state index in [-0.39, 0.29) is 11.9 Å². The Hall–Kier alpha value is -2.95. The number of aromatic nitrogens is 3. The van der Waals surface area contributed by atoms with Crippen LogP contribution in [-0.4, -0.2) is 61.5 Å². The number of fused-ring (bicyclic) bond motifs is 1. The van der Waals surface area contributed by atoms with Crippen LogP contribution in [0.25, 0.3) is 0 Å². The molecule has 162 valence electrons. The number of carbonyl (C=O) groups is 2. The molecule has 2 atom stereocenters. The number of carbonyl (C=O) groups excluding carboxylic acids is 1. The molecule has 4 heterocycles. The molecule has 2 saturated heterocycles. The lowest BCUT2D eigenvalue weighted by molar-refractivity contribution is -0.192. The van der Waals surface area contributed by atoms with E-state index >= 15 is 0 Å². The van der Waals surface area contributed by atoms with Gasteiger partial charge in [-0.2, -0.15) is 18.3 Å². The molecule has 0 aliphatic carbocycles. The number of rotatable bonds is 3. The van der Waals surface area contributed by atoms with Crippen molar-refractivity contribution < 1.29 is 27.9 Å². The van der Waals surface area contributed by atoms with E-state index in [9.17, 15) is 18.0 Å². The van der Waals surface area contributed by atoms with Gasteiger partial charge in [0.25, 0.3) is 0 Å². The number of likely N-dealkylation sites (tertiary alicyclic amines) is 1. The van der Waals surface area contributed by atoms with Crippen molar-refractivity contribution >= 4 is 17.6 Å². The van der Waals surface area contributed by atoms with E-state index in [4.69, 9.17) is 9.90 Å². The van der Waals surface area contributed by atoms with Crippen LogP contribution in [0.3, 0.4) is 0 Å².